The Kier molecular flexibility index (Phi) is 11.8. The fourth-order valence-corrected chi connectivity index (χ4v) is 4.84. The van der Waals surface area contributed by atoms with E-state index in [0.29, 0.717) is 30.2 Å². The summed E-state index contributed by atoms with van der Waals surface area (Å²) in [5, 5.41) is 0.959. The fraction of sp³-hybridized carbons (Fsp3) is 0.517. The van der Waals surface area contributed by atoms with Crippen LogP contribution < -0.4 is 9.80 Å². The molecule has 1 aliphatic heterocycles. The second kappa shape index (κ2) is 15.0. The van der Waals surface area contributed by atoms with E-state index in [1.807, 2.05) is 21.9 Å². The van der Waals surface area contributed by atoms with Gasteiger partial charge in [-0.15, -0.1) is 0 Å². The maximum atomic E-state index is 6.08. The molecule has 0 saturated carbocycles. The van der Waals surface area contributed by atoms with Crippen LogP contribution >= 0.6 is 24.4 Å². The number of hydrogen-bond donors (Lipinski definition) is 0. The van der Waals surface area contributed by atoms with Crippen LogP contribution in [0.15, 0.2) is 48.5 Å². The Hall–Kier alpha value is -2.18. The third-order valence-electron chi connectivity index (χ3n) is 6.35. The van der Waals surface area contributed by atoms with Crippen LogP contribution in [-0.4, -0.2) is 30.2 Å². The zero-order valence-electron chi connectivity index (χ0n) is 21.3. The summed E-state index contributed by atoms with van der Waals surface area (Å²) in [6, 6.07) is 16.7. The van der Waals surface area contributed by atoms with Gasteiger partial charge in [-0.25, -0.2) is 0 Å². The van der Waals surface area contributed by atoms with Gasteiger partial charge in [-0.2, -0.15) is 0 Å². The van der Waals surface area contributed by atoms with Gasteiger partial charge in [0.25, 0.3) is 10.3 Å². The fourth-order valence-electron chi connectivity index (χ4n) is 4.37. The van der Waals surface area contributed by atoms with E-state index in [-0.39, 0.29) is 0 Å². The molecule has 0 atom stereocenters. The minimum absolute atomic E-state index is 0.456. The van der Waals surface area contributed by atoms with Gasteiger partial charge in [0.1, 0.15) is 6.67 Å². The predicted molar refractivity (Wildman–Crippen MR) is 156 cm³/mol. The lowest BCUT2D eigenvalue weighted by molar-refractivity contribution is 0.288. The number of thiocarbonyl (C=S) groups is 2. The number of para-hydroxylation sites is 2. The van der Waals surface area contributed by atoms with Gasteiger partial charge in [0.2, 0.25) is 0 Å². The highest BCUT2D eigenvalue weighted by molar-refractivity contribution is 7.80. The van der Waals surface area contributed by atoms with Crippen molar-refractivity contribution in [3.05, 3.63) is 48.5 Å². The molecule has 0 N–H and O–H groups in total. The zero-order valence-corrected chi connectivity index (χ0v) is 23.0. The summed E-state index contributed by atoms with van der Waals surface area (Å²) in [4.78, 5) is 4.10. The van der Waals surface area contributed by atoms with Gasteiger partial charge in [-0.05, 0) is 49.4 Å². The first-order chi connectivity index (χ1) is 17.2. The van der Waals surface area contributed by atoms with E-state index in [4.69, 9.17) is 33.9 Å². The highest BCUT2D eigenvalue weighted by Gasteiger charge is 2.29. The molecule has 4 nitrogen and oxygen atoms in total. The molecule has 1 heterocycles. The van der Waals surface area contributed by atoms with E-state index < -0.39 is 0 Å². The van der Waals surface area contributed by atoms with Crippen molar-refractivity contribution >= 4 is 46.2 Å². The minimum atomic E-state index is 0.456. The zero-order chi connectivity index (χ0) is 24.9. The largest absolute Gasteiger partial charge is 0.471 e. The Morgan fingerprint density at radius 2 is 1.03 bits per heavy atom. The van der Waals surface area contributed by atoms with Crippen molar-refractivity contribution in [3.8, 4) is 11.1 Å². The lowest BCUT2D eigenvalue weighted by atomic mass is 10.0. The van der Waals surface area contributed by atoms with Crippen LogP contribution in [0, 0.1) is 0 Å². The monoisotopic (exact) mass is 512 g/mol. The van der Waals surface area contributed by atoms with Crippen molar-refractivity contribution < 1.29 is 9.47 Å². The molecule has 0 unspecified atom stereocenters. The average molecular weight is 513 g/mol. The van der Waals surface area contributed by atoms with E-state index in [0.717, 1.165) is 35.3 Å². The third-order valence-corrected chi connectivity index (χ3v) is 7.03. The first-order valence-electron chi connectivity index (χ1n) is 13.2. The van der Waals surface area contributed by atoms with Crippen molar-refractivity contribution in [1.82, 2.24) is 0 Å². The lowest BCUT2D eigenvalue weighted by Gasteiger charge is -2.31. The van der Waals surface area contributed by atoms with Crippen molar-refractivity contribution in [2.24, 2.45) is 0 Å². The van der Waals surface area contributed by atoms with E-state index >= 15 is 0 Å². The number of unbranched alkanes of at least 4 members (excludes halogenated alkanes) is 8. The SMILES string of the molecule is CCCCCCCOC(=S)N1CN(C(=S)OCCCCCCC)c2ccccc2-c2ccccc21. The molecule has 3 rings (SSSR count). The number of nitrogens with zero attached hydrogens (tertiary/aromatic N) is 2. The minimum Gasteiger partial charge on any atom is -0.471 e. The van der Waals surface area contributed by atoms with Crippen molar-refractivity contribution in [2.75, 3.05) is 29.7 Å². The van der Waals surface area contributed by atoms with Crippen LogP contribution in [-0.2, 0) is 9.47 Å². The van der Waals surface area contributed by atoms with Gasteiger partial charge in [-0.1, -0.05) is 102 Å². The third kappa shape index (κ3) is 7.91. The Morgan fingerprint density at radius 1 is 0.629 bits per heavy atom. The number of ether oxygens (including phenoxy) is 2. The maximum Gasteiger partial charge on any atom is 0.265 e. The normalized spacial score (nSPS) is 12.5. The topological polar surface area (TPSA) is 24.9 Å². The molecule has 2 aromatic rings. The molecule has 35 heavy (non-hydrogen) atoms. The van der Waals surface area contributed by atoms with Crippen LogP contribution in [0.3, 0.4) is 0 Å². The quantitative estimate of drug-likeness (QED) is 0.209. The Bertz CT molecular complexity index is 874. The molecular formula is C29H40N2O2S2. The molecular weight excluding hydrogens is 472 g/mol. The highest BCUT2D eigenvalue weighted by atomic mass is 32.1. The smallest absolute Gasteiger partial charge is 0.265 e. The number of rotatable bonds is 12. The molecule has 6 heteroatoms. The summed E-state index contributed by atoms with van der Waals surface area (Å²) in [6.07, 6.45) is 11.9. The average Bonchev–Trinajstić information content (AvgIpc) is 3.03. The molecule has 0 saturated heterocycles. The van der Waals surface area contributed by atoms with E-state index in [2.05, 4.69) is 50.2 Å². The molecule has 1 aliphatic rings. The summed E-state index contributed by atoms with van der Waals surface area (Å²) in [6.45, 7) is 6.18. The van der Waals surface area contributed by atoms with Crippen LogP contribution in [0.25, 0.3) is 11.1 Å². The summed E-state index contributed by atoms with van der Waals surface area (Å²) in [5.41, 5.74) is 4.28. The molecule has 0 spiro atoms. The highest BCUT2D eigenvalue weighted by Crippen LogP contribution is 2.40. The van der Waals surface area contributed by atoms with E-state index in [9.17, 15) is 0 Å². The summed E-state index contributed by atoms with van der Waals surface area (Å²) in [7, 11) is 0. The number of fused-ring (bicyclic) bond motifs is 3. The first kappa shape index (κ1) is 27.4. The predicted octanol–water partition coefficient (Wildman–Crippen LogP) is 8.48. The number of hydrogen-bond acceptors (Lipinski definition) is 4. The van der Waals surface area contributed by atoms with Crippen LogP contribution in [0.5, 0.6) is 0 Å². The maximum absolute atomic E-state index is 6.08. The number of benzene rings is 2. The van der Waals surface area contributed by atoms with Gasteiger partial charge >= 0.3 is 0 Å². The van der Waals surface area contributed by atoms with Gasteiger partial charge < -0.3 is 9.47 Å². The Morgan fingerprint density at radius 3 is 1.46 bits per heavy atom. The van der Waals surface area contributed by atoms with Crippen LogP contribution in [0.4, 0.5) is 11.4 Å². The molecule has 0 amide bonds. The molecule has 0 aromatic heterocycles. The van der Waals surface area contributed by atoms with Gasteiger partial charge in [0.15, 0.2) is 0 Å². The van der Waals surface area contributed by atoms with Gasteiger partial charge in [0.05, 0.1) is 24.6 Å². The van der Waals surface area contributed by atoms with Crippen molar-refractivity contribution in [2.45, 2.75) is 78.1 Å². The molecule has 0 aliphatic carbocycles. The van der Waals surface area contributed by atoms with Crippen molar-refractivity contribution in [1.29, 1.82) is 0 Å². The summed E-state index contributed by atoms with van der Waals surface area (Å²) in [5.74, 6) is 0. The molecule has 2 aromatic carbocycles. The molecule has 190 valence electrons. The Labute approximate surface area is 222 Å². The Balaban J connectivity index is 1.75. The standard InChI is InChI=1S/C29H40N2O2S2/c1-3-5-7-9-15-21-32-28(34)30-23-31(29(35)33-22-16-10-8-6-4-2)27-20-14-12-18-25(27)24-17-11-13-19-26(24)30/h11-14,17-20H,3-10,15-16,21-23H2,1-2H3. The van der Waals surface area contributed by atoms with E-state index in [1.54, 1.807) is 0 Å². The van der Waals surface area contributed by atoms with Crippen LogP contribution in [0.2, 0.25) is 0 Å². The van der Waals surface area contributed by atoms with Gasteiger partial charge in [-0.3, -0.25) is 9.80 Å². The molecule has 0 radical (unpaired) electrons. The second-order valence-corrected chi connectivity index (χ2v) is 9.79. The van der Waals surface area contributed by atoms with Crippen molar-refractivity contribution in [3.63, 3.8) is 0 Å². The molecule has 0 fully saturated rings. The summed E-state index contributed by atoms with van der Waals surface area (Å²) < 4.78 is 12.2. The van der Waals surface area contributed by atoms with E-state index in [1.165, 1.54) is 51.4 Å². The molecule has 0 bridgehead atoms. The van der Waals surface area contributed by atoms with Crippen LogP contribution in [0.1, 0.15) is 78.1 Å². The number of anilines is 2. The summed E-state index contributed by atoms with van der Waals surface area (Å²) >= 11 is 11.6. The second-order valence-electron chi connectivity index (χ2n) is 9.09. The first-order valence-corrected chi connectivity index (χ1v) is 14.1. The van der Waals surface area contributed by atoms with Gasteiger partial charge in [0, 0.05) is 11.1 Å². The lowest BCUT2D eigenvalue weighted by Crippen LogP contribution is -2.44.